The predicted octanol–water partition coefficient (Wildman–Crippen LogP) is 3.36. The lowest BCUT2D eigenvalue weighted by Gasteiger charge is -2.02. The fraction of sp³-hybridized carbons (Fsp3) is 0.364. The molecule has 1 atom stereocenters. The first-order valence-electron chi connectivity index (χ1n) is 5.74. The first-order chi connectivity index (χ1) is 9.22. The standard InChI is InChI=1S/C11H10ClN3O2S2/c12-8-4-3-7(18-8)9(16)13-11-15-14-10(19-11)6-2-1-5-17-6/h3-4,6H,1-2,5H2,(H,13,15,16). The maximum atomic E-state index is 11.9. The Morgan fingerprint density at radius 3 is 3.00 bits per heavy atom. The van der Waals surface area contributed by atoms with Crippen molar-refractivity contribution < 1.29 is 9.53 Å². The van der Waals surface area contributed by atoms with Crippen LogP contribution in [0.1, 0.15) is 33.6 Å². The van der Waals surface area contributed by atoms with Gasteiger partial charge in [-0.05, 0) is 25.0 Å². The van der Waals surface area contributed by atoms with E-state index in [1.165, 1.54) is 22.7 Å². The molecule has 19 heavy (non-hydrogen) atoms. The van der Waals surface area contributed by atoms with Crippen LogP contribution >= 0.6 is 34.3 Å². The summed E-state index contributed by atoms with van der Waals surface area (Å²) in [6.45, 7) is 0.764. The molecule has 5 nitrogen and oxygen atoms in total. The van der Waals surface area contributed by atoms with Crippen molar-refractivity contribution >= 4 is 45.3 Å². The number of anilines is 1. The van der Waals surface area contributed by atoms with Crippen molar-refractivity contribution in [2.24, 2.45) is 0 Å². The van der Waals surface area contributed by atoms with Crippen molar-refractivity contribution in [2.75, 3.05) is 11.9 Å². The zero-order valence-corrected chi connectivity index (χ0v) is 12.1. The van der Waals surface area contributed by atoms with E-state index in [9.17, 15) is 4.79 Å². The number of hydrogen-bond donors (Lipinski definition) is 1. The summed E-state index contributed by atoms with van der Waals surface area (Å²) in [6, 6.07) is 3.38. The summed E-state index contributed by atoms with van der Waals surface area (Å²) in [6.07, 6.45) is 2.03. The van der Waals surface area contributed by atoms with E-state index in [4.69, 9.17) is 16.3 Å². The topological polar surface area (TPSA) is 64.1 Å². The van der Waals surface area contributed by atoms with Gasteiger partial charge in [-0.3, -0.25) is 10.1 Å². The number of hydrogen-bond acceptors (Lipinski definition) is 6. The summed E-state index contributed by atoms with van der Waals surface area (Å²) in [5.41, 5.74) is 0. The van der Waals surface area contributed by atoms with Crippen LogP contribution in [0.4, 0.5) is 5.13 Å². The van der Waals surface area contributed by atoms with Crippen LogP contribution in [0.5, 0.6) is 0 Å². The molecule has 1 amide bonds. The zero-order valence-electron chi connectivity index (χ0n) is 9.76. The molecule has 100 valence electrons. The fourth-order valence-electron chi connectivity index (χ4n) is 1.78. The molecular formula is C11H10ClN3O2S2. The molecule has 8 heteroatoms. The van der Waals surface area contributed by atoms with Gasteiger partial charge < -0.3 is 4.74 Å². The minimum absolute atomic E-state index is 0.0272. The van der Waals surface area contributed by atoms with Gasteiger partial charge in [0.2, 0.25) is 5.13 Å². The summed E-state index contributed by atoms with van der Waals surface area (Å²) >= 11 is 8.38. The number of thiophene rings is 1. The third-order valence-electron chi connectivity index (χ3n) is 2.66. The van der Waals surface area contributed by atoms with E-state index in [1.807, 2.05) is 0 Å². The van der Waals surface area contributed by atoms with Gasteiger partial charge in [0.1, 0.15) is 11.1 Å². The first kappa shape index (κ1) is 13.0. The van der Waals surface area contributed by atoms with Gasteiger partial charge in [-0.15, -0.1) is 21.5 Å². The van der Waals surface area contributed by atoms with Crippen LogP contribution in [0.2, 0.25) is 4.34 Å². The smallest absolute Gasteiger partial charge is 0.267 e. The molecule has 3 rings (SSSR count). The summed E-state index contributed by atoms with van der Waals surface area (Å²) in [5.74, 6) is -0.216. The Morgan fingerprint density at radius 2 is 2.32 bits per heavy atom. The second-order valence-electron chi connectivity index (χ2n) is 4.00. The number of aromatic nitrogens is 2. The molecular weight excluding hydrogens is 306 g/mol. The van der Waals surface area contributed by atoms with Crippen LogP contribution in [0.3, 0.4) is 0 Å². The maximum Gasteiger partial charge on any atom is 0.267 e. The highest BCUT2D eigenvalue weighted by Crippen LogP contribution is 2.32. The molecule has 1 aliphatic rings. The molecule has 0 radical (unpaired) electrons. The Hall–Kier alpha value is -1.02. The van der Waals surface area contributed by atoms with E-state index >= 15 is 0 Å². The highest BCUT2D eigenvalue weighted by molar-refractivity contribution is 7.18. The summed E-state index contributed by atoms with van der Waals surface area (Å²) in [7, 11) is 0. The van der Waals surface area contributed by atoms with Crippen LogP contribution in [0.15, 0.2) is 12.1 Å². The van der Waals surface area contributed by atoms with Gasteiger partial charge in [0.25, 0.3) is 5.91 Å². The largest absolute Gasteiger partial charge is 0.371 e. The van der Waals surface area contributed by atoms with Gasteiger partial charge in [0, 0.05) is 6.61 Å². The van der Waals surface area contributed by atoms with E-state index in [2.05, 4.69) is 15.5 Å². The number of nitrogens with zero attached hydrogens (tertiary/aromatic N) is 2. The average Bonchev–Trinajstić information content (AvgIpc) is 3.07. The van der Waals surface area contributed by atoms with Crippen molar-refractivity contribution in [2.45, 2.75) is 18.9 Å². The third kappa shape index (κ3) is 2.94. The monoisotopic (exact) mass is 315 g/mol. The third-order valence-corrected chi connectivity index (χ3v) is 4.82. The van der Waals surface area contributed by atoms with Gasteiger partial charge >= 0.3 is 0 Å². The van der Waals surface area contributed by atoms with Crippen molar-refractivity contribution in [3.05, 3.63) is 26.4 Å². The molecule has 1 fully saturated rings. The van der Waals surface area contributed by atoms with Crippen LogP contribution in [0.25, 0.3) is 0 Å². The minimum Gasteiger partial charge on any atom is -0.371 e. The van der Waals surface area contributed by atoms with E-state index in [0.717, 1.165) is 24.5 Å². The average molecular weight is 316 g/mol. The molecule has 0 aliphatic carbocycles. The van der Waals surface area contributed by atoms with Gasteiger partial charge in [-0.1, -0.05) is 22.9 Å². The quantitative estimate of drug-likeness (QED) is 0.943. The Morgan fingerprint density at radius 1 is 1.42 bits per heavy atom. The maximum absolute atomic E-state index is 11.9. The molecule has 0 aromatic carbocycles. The number of carbonyl (C=O) groups is 1. The number of nitrogens with one attached hydrogen (secondary N) is 1. The second kappa shape index (κ2) is 5.54. The number of rotatable bonds is 3. The van der Waals surface area contributed by atoms with Gasteiger partial charge in [0.15, 0.2) is 0 Å². The summed E-state index contributed by atoms with van der Waals surface area (Å²) in [4.78, 5) is 12.5. The SMILES string of the molecule is O=C(Nc1nnc(C2CCCO2)s1)c1ccc(Cl)s1. The zero-order chi connectivity index (χ0) is 13.2. The van der Waals surface area contributed by atoms with Crippen LogP contribution in [-0.4, -0.2) is 22.7 Å². The summed E-state index contributed by atoms with van der Waals surface area (Å²) < 4.78 is 6.11. The van der Waals surface area contributed by atoms with Crippen molar-refractivity contribution in [3.63, 3.8) is 0 Å². The molecule has 1 saturated heterocycles. The number of amides is 1. The molecule has 1 aliphatic heterocycles. The Balaban J connectivity index is 1.68. The second-order valence-corrected chi connectivity index (χ2v) is 6.73. The lowest BCUT2D eigenvalue weighted by Crippen LogP contribution is -2.09. The number of halogens is 1. The highest BCUT2D eigenvalue weighted by Gasteiger charge is 2.22. The van der Waals surface area contributed by atoms with Crippen molar-refractivity contribution in [1.82, 2.24) is 10.2 Å². The Bertz CT molecular complexity index is 592. The molecule has 1 unspecified atom stereocenters. The molecule has 0 bridgehead atoms. The van der Waals surface area contributed by atoms with Crippen LogP contribution < -0.4 is 5.32 Å². The van der Waals surface area contributed by atoms with Gasteiger partial charge in [-0.25, -0.2) is 0 Å². The van der Waals surface area contributed by atoms with Crippen molar-refractivity contribution in [3.8, 4) is 0 Å². The predicted molar refractivity (Wildman–Crippen MR) is 75.1 cm³/mol. The normalized spacial score (nSPS) is 18.7. The van der Waals surface area contributed by atoms with Crippen LogP contribution in [0, 0.1) is 0 Å². The van der Waals surface area contributed by atoms with Crippen LogP contribution in [-0.2, 0) is 4.74 Å². The summed E-state index contributed by atoms with van der Waals surface area (Å²) in [5, 5.41) is 12.0. The number of ether oxygens (including phenoxy) is 1. The van der Waals surface area contributed by atoms with Gasteiger partial charge in [-0.2, -0.15) is 0 Å². The molecule has 2 aromatic heterocycles. The molecule has 3 heterocycles. The minimum atomic E-state index is -0.216. The van der Waals surface area contributed by atoms with E-state index in [0.29, 0.717) is 14.3 Å². The Kier molecular flexibility index (Phi) is 3.79. The highest BCUT2D eigenvalue weighted by atomic mass is 35.5. The molecule has 0 spiro atoms. The molecule has 0 saturated carbocycles. The molecule has 1 N–H and O–H groups in total. The van der Waals surface area contributed by atoms with Gasteiger partial charge in [0.05, 0.1) is 9.21 Å². The van der Waals surface area contributed by atoms with E-state index in [-0.39, 0.29) is 12.0 Å². The number of carbonyl (C=O) groups excluding carboxylic acids is 1. The van der Waals surface area contributed by atoms with E-state index in [1.54, 1.807) is 12.1 Å². The fourth-order valence-corrected chi connectivity index (χ4v) is 3.54. The lowest BCUT2D eigenvalue weighted by molar-refractivity contribution is 0.103. The lowest BCUT2D eigenvalue weighted by atomic mass is 10.2. The Labute approximate surface area is 122 Å². The van der Waals surface area contributed by atoms with E-state index < -0.39 is 0 Å². The van der Waals surface area contributed by atoms with Crippen molar-refractivity contribution in [1.29, 1.82) is 0 Å². The molecule has 2 aromatic rings. The first-order valence-corrected chi connectivity index (χ1v) is 7.75.